The normalized spacial score (nSPS) is 11.8. The fraction of sp³-hybridized carbons (Fsp3) is 0.400. The SMILES string of the molecule is CN(CC(C)(C)CN)C(=O)c1cc2cccc(Br)c2o1. The average Bonchev–Trinajstić information content (AvgIpc) is 2.82. The highest BCUT2D eigenvalue weighted by molar-refractivity contribution is 9.10. The van der Waals surface area contributed by atoms with Gasteiger partial charge in [0.2, 0.25) is 0 Å². The van der Waals surface area contributed by atoms with E-state index in [1.807, 2.05) is 32.0 Å². The third-order valence-corrected chi connectivity index (χ3v) is 3.90. The van der Waals surface area contributed by atoms with Gasteiger partial charge in [-0.05, 0) is 40.0 Å². The number of fused-ring (bicyclic) bond motifs is 1. The topological polar surface area (TPSA) is 59.5 Å². The van der Waals surface area contributed by atoms with Crippen molar-refractivity contribution in [2.45, 2.75) is 13.8 Å². The van der Waals surface area contributed by atoms with Gasteiger partial charge in [-0.2, -0.15) is 0 Å². The standard InChI is InChI=1S/C15H19BrN2O2/c1-15(2,8-17)9-18(3)14(19)12-7-10-5-4-6-11(16)13(10)20-12/h4-7H,8-9,17H2,1-3H3. The largest absolute Gasteiger partial charge is 0.450 e. The Morgan fingerprint density at radius 1 is 1.45 bits per heavy atom. The number of furan rings is 1. The van der Waals surface area contributed by atoms with E-state index >= 15 is 0 Å². The zero-order valence-electron chi connectivity index (χ0n) is 11.9. The van der Waals surface area contributed by atoms with Crippen LogP contribution in [0.3, 0.4) is 0 Å². The molecule has 0 saturated carbocycles. The molecule has 5 heteroatoms. The number of hydrogen-bond donors (Lipinski definition) is 1. The Labute approximate surface area is 127 Å². The highest BCUT2D eigenvalue weighted by Gasteiger charge is 2.24. The van der Waals surface area contributed by atoms with Gasteiger partial charge in [0.25, 0.3) is 5.91 Å². The highest BCUT2D eigenvalue weighted by Crippen LogP contribution is 2.27. The van der Waals surface area contributed by atoms with Crippen molar-refractivity contribution in [3.63, 3.8) is 0 Å². The number of carbonyl (C=O) groups is 1. The summed E-state index contributed by atoms with van der Waals surface area (Å²) < 4.78 is 6.51. The number of benzene rings is 1. The van der Waals surface area contributed by atoms with Crippen molar-refractivity contribution in [2.24, 2.45) is 11.1 Å². The lowest BCUT2D eigenvalue weighted by atomic mass is 9.93. The fourth-order valence-electron chi connectivity index (χ4n) is 2.10. The van der Waals surface area contributed by atoms with E-state index in [0.29, 0.717) is 24.4 Å². The maximum atomic E-state index is 12.4. The molecule has 1 aromatic carbocycles. The number of rotatable bonds is 4. The summed E-state index contributed by atoms with van der Waals surface area (Å²) in [5.74, 6) is 0.219. The Bertz CT molecular complexity index is 634. The van der Waals surface area contributed by atoms with Crippen molar-refractivity contribution in [3.05, 3.63) is 34.5 Å². The first-order valence-corrected chi connectivity index (χ1v) is 7.27. The van der Waals surface area contributed by atoms with E-state index in [0.717, 1.165) is 9.86 Å². The molecule has 4 nitrogen and oxygen atoms in total. The maximum Gasteiger partial charge on any atom is 0.289 e. The van der Waals surface area contributed by atoms with Crippen LogP contribution in [0.4, 0.5) is 0 Å². The number of halogens is 1. The molecule has 1 heterocycles. The zero-order chi connectivity index (χ0) is 14.9. The number of carbonyl (C=O) groups excluding carboxylic acids is 1. The predicted molar refractivity (Wildman–Crippen MR) is 83.7 cm³/mol. The molecule has 0 aliphatic rings. The summed E-state index contributed by atoms with van der Waals surface area (Å²) >= 11 is 3.42. The van der Waals surface area contributed by atoms with Crippen LogP contribution in [0.2, 0.25) is 0 Å². The first kappa shape index (κ1) is 15.1. The van der Waals surface area contributed by atoms with E-state index in [2.05, 4.69) is 15.9 Å². The Hall–Kier alpha value is -1.33. The van der Waals surface area contributed by atoms with Gasteiger partial charge in [0.1, 0.15) is 5.58 Å². The average molecular weight is 339 g/mol. The minimum Gasteiger partial charge on any atom is -0.450 e. The lowest BCUT2D eigenvalue weighted by molar-refractivity contribution is 0.0711. The predicted octanol–water partition coefficient (Wildman–Crippen LogP) is 3.25. The van der Waals surface area contributed by atoms with Gasteiger partial charge in [0.15, 0.2) is 5.76 Å². The number of hydrogen-bond acceptors (Lipinski definition) is 3. The fourth-order valence-corrected chi connectivity index (χ4v) is 2.56. The van der Waals surface area contributed by atoms with E-state index in [9.17, 15) is 4.79 Å². The summed E-state index contributed by atoms with van der Waals surface area (Å²) in [7, 11) is 1.77. The van der Waals surface area contributed by atoms with Crippen molar-refractivity contribution >= 4 is 32.8 Å². The minimum absolute atomic E-state index is 0.114. The van der Waals surface area contributed by atoms with Crippen LogP contribution in [-0.4, -0.2) is 30.9 Å². The lowest BCUT2D eigenvalue weighted by Crippen LogP contribution is -2.39. The molecule has 2 rings (SSSR count). The summed E-state index contributed by atoms with van der Waals surface area (Å²) in [5, 5.41) is 0.911. The van der Waals surface area contributed by atoms with Gasteiger partial charge < -0.3 is 15.1 Å². The lowest BCUT2D eigenvalue weighted by Gasteiger charge is -2.28. The van der Waals surface area contributed by atoms with Gasteiger partial charge in [-0.3, -0.25) is 4.79 Å². The van der Waals surface area contributed by atoms with Crippen LogP contribution in [0.25, 0.3) is 11.0 Å². The van der Waals surface area contributed by atoms with Gasteiger partial charge in [0.05, 0.1) is 4.47 Å². The first-order chi connectivity index (χ1) is 9.34. The molecule has 0 aliphatic carbocycles. The molecule has 2 aromatic rings. The van der Waals surface area contributed by atoms with E-state index in [1.165, 1.54) is 0 Å². The van der Waals surface area contributed by atoms with Gasteiger partial charge in [-0.25, -0.2) is 0 Å². The Kier molecular flexibility index (Phi) is 4.20. The summed E-state index contributed by atoms with van der Waals surface area (Å²) in [6.07, 6.45) is 0. The third-order valence-electron chi connectivity index (χ3n) is 3.27. The smallest absolute Gasteiger partial charge is 0.289 e. The Morgan fingerprint density at radius 3 is 2.75 bits per heavy atom. The Balaban J connectivity index is 2.25. The highest BCUT2D eigenvalue weighted by atomic mass is 79.9. The number of para-hydroxylation sites is 1. The molecule has 0 bridgehead atoms. The summed E-state index contributed by atoms with van der Waals surface area (Å²) in [6.45, 7) is 5.18. The molecule has 20 heavy (non-hydrogen) atoms. The van der Waals surface area contributed by atoms with Crippen LogP contribution in [0.5, 0.6) is 0 Å². The second-order valence-electron chi connectivity index (χ2n) is 5.80. The third kappa shape index (κ3) is 3.04. The van der Waals surface area contributed by atoms with Gasteiger partial charge in [-0.15, -0.1) is 0 Å². The van der Waals surface area contributed by atoms with Crippen LogP contribution in [0.1, 0.15) is 24.4 Å². The van der Waals surface area contributed by atoms with Crippen LogP contribution in [0.15, 0.2) is 33.2 Å². The monoisotopic (exact) mass is 338 g/mol. The van der Waals surface area contributed by atoms with E-state index in [4.69, 9.17) is 10.2 Å². The summed E-state index contributed by atoms with van der Waals surface area (Å²) in [5.41, 5.74) is 6.29. The molecule has 0 spiro atoms. The van der Waals surface area contributed by atoms with Crippen LogP contribution in [0, 0.1) is 5.41 Å². The van der Waals surface area contributed by atoms with Crippen LogP contribution < -0.4 is 5.73 Å². The second kappa shape index (κ2) is 5.58. The van der Waals surface area contributed by atoms with E-state index in [-0.39, 0.29) is 11.3 Å². The van der Waals surface area contributed by atoms with Gasteiger partial charge >= 0.3 is 0 Å². The molecule has 0 atom stereocenters. The zero-order valence-corrected chi connectivity index (χ0v) is 13.5. The number of nitrogens with two attached hydrogens (primary N) is 1. The molecule has 0 radical (unpaired) electrons. The Morgan fingerprint density at radius 2 is 2.15 bits per heavy atom. The summed E-state index contributed by atoms with van der Waals surface area (Å²) in [6, 6.07) is 7.50. The molecular weight excluding hydrogens is 320 g/mol. The molecule has 1 aromatic heterocycles. The van der Waals surface area contributed by atoms with Crippen molar-refractivity contribution < 1.29 is 9.21 Å². The van der Waals surface area contributed by atoms with Crippen LogP contribution >= 0.6 is 15.9 Å². The van der Waals surface area contributed by atoms with Crippen LogP contribution in [-0.2, 0) is 0 Å². The first-order valence-electron chi connectivity index (χ1n) is 6.48. The molecule has 0 unspecified atom stereocenters. The molecule has 0 aliphatic heterocycles. The van der Waals surface area contributed by atoms with E-state index < -0.39 is 0 Å². The van der Waals surface area contributed by atoms with Crippen molar-refractivity contribution in [2.75, 3.05) is 20.1 Å². The van der Waals surface area contributed by atoms with Crippen molar-refractivity contribution in [3.8, 4) is 0 Å². The van der Waals surface area contributed by atoms with Gasteiger partial charge in [0, 0.05) is 19.0 Å². The van der Waals surface area contributed by atoms with Crippen molar-refractivity contribution in [1.82, 2.24) is 4.90 Å². The maximum absolute atomic E-state index is 12.4. The number of nitrogens with zero attached hydrogens (tertiary/aromatic N) is 1. The quantitative estimate of drug-likeness (QED) is 0.930. The van der Waals surface area contributed by atoms with Gasteiger partial charge in [-0.1, -0.05) is 26.0 Å². The minimum atomic E-state index is -0.130. The molecule has 0 fully saturated rings. The molecule has 108 valence electrons. The summed E-state index contributed by atoms with van der Waals surface area (Å²) in [4.78, 5) is 14.0. The molecule has 2 N–H and O–H groups in total. The molecule has 1 amide bonds. The number of amides is 1. The molecule has 0 saturated heterocycles. The van der Waals surface area contributed by atoms with E-state index in [1.54, 1.807) is 18.0 Å². The van der Waals surface area contributed by atoms with Crippen molar-refractivity contribution in [1.29, 1.82) is 0 Å². The second-order valence-corrected chi connectivity index (χ2v) is 6.65. The molecular formula is C15H19BrN2O2.